The second kappa shape index (κ2) is 5.53. The molecule has 90 valence electrons. The number of anilines is 1. The summed E-state index contributed by atoms with van der Waals surface area (Å²) in [6, 6.07) is 8.55. The predicted molar refractivity (Wildman–Crippen MR) is 79.1 cm³/mol. The van der Waals surface area contributed by atoms with Gasteiger partial charge in [0.1, 0.15) is 0 Å². The Morgan fingerprint density at radius 3 is 2.65 bits per heavy atom. The number of benzene rings is 1. The third-order valence-corrected chi connectivity index (χ3v) is 3.36. The van der Waals surface area contributed by atoms with E-state index in [1.54, 1.807) is 0 Å². The molecule has 17 heavy (non-hydrogen) atoms. The van der Waals surface area contributed by atoms with Gasteiger partial charge in [-0.1, -0.05) is 19.1 Å². The lowest BCUT2D eigenvalue weighted by Crippen LogP contribution is -2.00. The molecule has 4 heteroatoms. The maximum absolute atomic E-state index is 4.41. The van der Waals surface area contributed by atoms with Crippen LogP contribution in [0.1, 0.15) is 18.2 Å². The number of aryl methyl sites for hydroxylation is 2. The summed E-state index contributed by atoms with van der Waals surface area (Å²) in [6.07, 6.45) is 2.99. The summed E-state index contributed by atoms with van der Waals surface area (Å²) in [6.45, 7) is 2.97. The molecule has 0 aliphatic carbocycles. The van der Waals surface area contributed by atoms with Crippen molar-refractivity contribution >= 4 is 28.3 Å². The van der Waals surface area contributed by atoms with Gasteiger partial charge in [0.2, 0.25) is 0 Å². The lowest BCUT2D eigenvalue weighted by Gasteiger charge is -2.05. The van der Waals surface area contributed by atoms with E-state index in [9.17, 15) is 0 Å². The fourth-order valence-corrected chi connectivity index (χ4v) is 2.10. The Morgan fingerprint density at radius 2 is 2.00 bits per heavy atom. The van der Waals surface area contributed by atoms with Gasteiger partial charge in [-0.25, -0.2) is 0 Å². The minimum Gasteiger partial charge on any atom is -0.378 e. The molecule has 0 fully saturated rings. The molecule has 0 aliphatic rings. The van der Waals surface area contributed by atoms with E-state index >= 15 is 0 Å². The van der Waals surface area contributed by atoms with Crippen molar-refractivity contribution in [3.63, 3.8) is 0 Å². The van der Waals surface area contributed by atoms with Gasteiger partial charge in [0.25, 0.3) is 0 Å². The van der Waals surface area contributed by atoms with Crippen LogP contribution in [-0.2, 0) is 20.0 Å². The quantitative estimate of drug-likeness (QED) is 0.866. The summed E-state index contributed by atoms with van der Waals surface area (Å²) in [5.74, 6) is 0. The van der Waals surface area contributed by atoms with Crippen LogP contribution >= 0.6 is 22.6 Å². The van der Waals surface area contributed by atoms with Crippen molar-refractivity contribution < 1.29 is 0 Å². The first-order valence-electron chi connectivity index (χ1n) is 5.70. The molecule has 0 aliphatic heterocycles. The van der Waals surface area contributed by atoms with Crippen LogP contribution in [-0.4, -0.2) is 9.78 Å². The monoisotopic (exact) mass is 341 g/mol. The second-order valence-corrected chi connectivity index (χ2v) is 5.24. The van der Waals surface area contributed by atoms with Crippen molar-refractivity contribution in [1.29, 1.82) is 0 Å². The van der Waals surface area contributed by atoms with Gasteiger partial charge in [0.15, 0.2) is 0 Å². The first-order valence-corrected chi connectivity index (χ1v) is 6.77. The topological polar surface area (TPSA) is 29.9 Å². The average Bonchev–Trinajstić information content (AvgIpc) is 2.69. The number of halogens is 1. The molecular formula is C13H16IN3. The van der Waals surface area contributed by atoms with Crippen LogP contribution in [0.15, 0.2) is 30.5 Å². The van der Waals surface area contributed by atoms with Crippen molar-refractivity contribution in [2.75, 3.05) is 5.32 Å². The first kappa shape index (κ1) is 12.4. The lowest BCUT2D eigenvalue weighted by molar-refractivity contribution is 0.746. The van der Waals surface area contributed by atoms with Gasteiger partial charge < -0.3 is 5.32 Å². The molecule has 3 nitrogen and oxygen atoms in total. The summed E-state index contributed by atoms with van der Waals surface area (Å²) in [4.78, 5) is 0. The van der Waals surface area contributed by atoms with E-state index in [1.165, 1.54) is 9.13 Å². The van der Waals surface area contributed by atoms with Crippen molar-refractivity contribution in [2.24, 2.45) is 7.05 Å². The van der Waals surface area contributed by atoms with E-state index in [0.717, 1.165) is 24.3 Å². The Kier molecular flexibility index (Phi) is 4.04. The van der Waals surface area contributed by atoms with Crippen LogP contribution in [0.3, 0.4) is 0 Å². The molecule has 0 spiro atoms. The minimum atomic E-state index is 0.843. The molecule has 1 aromatic carbocycles. The lowest BCUT2D eigenvalue weighted by atomic mass is 10.2. The Hall–Kier alpha value is -1.04. The molecule has 0 atom stereocenters. The number of nitrogens with zero attached hydrogens (tertiary/aromatic N) is 2. The summed E-state index contributed by atoms with van der Waals surface area (Å²) in [5.41, 5.74) is 3.54. The molecule has 0 unspecified atom stereocenters. The zero-order chi connectivity index (χ0) is 12.3. The van der Waals surface area contributed by atoms with E-state index in [4.69, 9.17) is 0 Å². The largest absolute Gasteiger partial charge is 0.378 e. The van der Waals surface area contributed by atoms with E-state index in [0.29, 0.717) is 0 Å². The second-order valence-electron chi connectivity index (χ2n) is 4.00. The van der Waals surface area contributed by atoms with E-state index in [1.807, 2.05) is 17.9 Å². The van der Waals surface area contributed by atoms with Gasteiger partial charge in [-0.2, -0.15) is 5.10 Å². The average molecular weight is 341 g/mol. The Bertz CT molecular complexity index is 488. The molecule has 2 rings (SSSR count). The van der Waals surface area contributed by atoms with Gasteiger partial charge in [0.05, 0.1) is 11.4 Å². The highest BCUT2D eigenvalue weighted by molar-refractivity contribution is 14.1. The molecule has 1 heterocycles. The van der Waals surface area contributed by atoms with Gasteiger partial charge >= 0.3 is 0 Å². The van der Waals surface area contributed by atoms with E-state index < -0.39 is 0 Å². The fourth-order valence-electron chi connectivity index (χ4n) is 1.74. The van der Waals surface area contributed by atoms with Crippen molar-refractivity contribution in [3.05, 3.63) is 45.3 Å². The van der Waals surface area contributed by atoms with Gasteiger partial charge in [-0.05, 0) is 46.7 Å². The normalized spacial score (nSPS) is 10.5. The SMILES string of the molecule is CCc1nn(C)cc1NCc1ccc(I)cc1. The molecule has 1 aromatic heterocycles. The van der Waals surface area contributed by atoms with Gasteiger partial charge in [0, 0.05) is 23.4 Å². The van der Waals surface area contributed by atoms with Gasteiger partial charge in [-0.15, -0.1) is 0 Å². The molecule has 0 saturated carbocycles. The van der Waals surface area contributed by atoms with Crippen molar-refractivity contribution in [3.8, 4) is 0 Å². The summed E-state index contributed by atoms with van der Waals surface area (Å²) in [7, 11) is 1.95. The Balaban J connectivity index is 2.04. The van der Waals surface area contributed by atoms with Crippen LogP contribution in [0.4, 0.5) is 5.69 Å². The zero-order valence-electron chi connectivity index (χ0n) is 10.1. The highest BCUT2D eigenvalue weighted by atomic mass is 127. The van der Waals surface area contributed by atoms with Crippen LogP contribution in [0.25, 0.3) is 0 Å². The van der Waals surface area contributed by atoms with Crippen LogP contribution in [0.2, 0.25) is 0 Å². The molecule has 1 N–H and O–H groups in total. The molecular weight excluding hydrogens is 325 g/mol. The maximum Gasteiger partial charge on any atom is 0.0853 e. The minimum absolute atomic E-state index is 0.843. The smallest absolute Gasteiger partial charge is 0.0853 e. The number of hydrogen-bond acceptors (Lipinski definition) is 2. The number of aromatic nitrogens is 2. The number of rotatable bonds is 4. The number of hydrogen-bond donors (Lipinski definition) is 1. The third-order valence-electron chi connectivity index (χ3n) is 2.64. The Labute approximate surface area is 115 Å². The van der Waals surface area contributed by atoms with Crippen LogP contribution < -0.4 is 5.32 Å². The summed E-state index contributed by atoms with van der Waals surface area (Å²) in [5, 5.41) is 7.84. The fraction of sp³-hybridized carbons (Fsp3) is 0.308. The summed E-state index contributed by atoms with van der Waals surface area (Å²) >= 11 is 2.32. The molecule has 0 bridgehead atoms. The standard InChI is InChI=1S/C13H16IN3/c1-3-12-13(9-17(2)16-12)15-8-10-4-6-11(14)7-5-10/h4-7,9,15H,3,8H2,1-2H3. The predicted octanol–water partition coefficient (Wildman–Crippen LogP) is 3.20. The van der Waals surface area contributed by atoms with Crippen LogP contribution in [0, 0.1) is 3.57 Å². The Morgan fingerprint density at radius 1 is 1.29 bits per heavy atom. The van der Waals surface area contributed by atoms with Crippen molar-refractivity contribution in [1.82, 2.24) is 9.78 Å². The number of nitrogens with one attached hydrogen (secondary N) is 1. The highest BCUT2D eigenvalue weighted by Crippen LogP contribution is 2.15. The first-order chi connectivity index (χ1) is 8.19. The summed E-state index contributed by atoms with van der Waals surface area (Å²) < 4.78 is 3.12. The molecule has 0 radical (unpaired) electrons. The molecule has 0 amide bonds. The molecule has 0 saturated heterocycles. The third kappa shape index (κ3) is 3.21. The zero-order valence-corrected chi connectivity index (χ0v) is 12.2. The maximum atomic E-state index is 4.41. The van der Waals surface area contributed by atoms with Crippen molar-refractivity contribution in [2.45, 2.75) is 19.9 Å². The highest BCUT2D eigenvalue weighted by Gasteiger charge is 2.04. The molecule has 2 aromatic rings. The van der Waals surface area contributed by atoms with Gasteiger partial charge in [-0.3, -0.25) is 4.68 Å². The van der Waals surface area contributed by atoms with E-state index in [-0.39, 0.29) is 0 Å². The van der Waals surface area contributed by atoms with E-state index in [2.05, 4.69) is 64.2 Å². The van der Waals surface area contributed by atoms with Crippen LogP contribution in [0.5, 0.6) is 0 Å².